The van der Waals surface area contributed by atoms with E-state index in [0.29, 0.717) is 6.42 Å². The Labute approximate surface area is 110 Å². The van der Waals surface area contributed by atoms with Crippen molar-refractivity contribution >= 4 is 0 Å². The molecule has 1 unspecified atom stereocenters. The fourth-order valence-electron chi connectivity index (χ4n) is 1.53. The Kier molecular flexibility index (Phi) is 5.84. The molecule has 0 aromatic heterocycles. The van der Waals surface area contributed by atoms with E-state index in [1.165, 1.54) is 0 Å². The molecule has 0 saturated heterocycles. The van der Waals surface area contributed by atoms with E-state index in [0.717, 1.165) is 12.8 Å². The molecule has 0 heterocycles. The highest BCUT2D eigenvalue weighted by molar-refractivity contribution is 4.99. The lowest BCUT2D eigenvalue weighted by atomic mass is 9.88. The van der Waals surface area contributed by atoms with Crippen LogP contribution < -0.4 is 5.73 Å². The molecule has 0 fully saturated rings. The molecule has 0 aliphatic carbocycles. The van der Waals surface area contributed by atoms with Crippen LogP contribution in [0.3, 0.4) is 0 Å². The summed E-state index contributed by atoms with van der Waals surface area (Å²) in [6, 6.07) is 0. The largest absolute Gasteiger partial charge is 0.370 e. The van der Waals surface area contributed by atoms with Crippen molar-refractivity contribution in [2.45, 2.75) is 62.3 Å². The summed E-state index contributed by atoms with van der Waals surface area (Å²) in [4.78, 5) is 0. The van der Waals surface area contributed by atoms with Crippen LogP contribution in [0.4, 0.5) is 0 Å². The minimum Gasteiger partial charge on any atom is -0.370 e. The fraction of sp³-hybridized carbons (Fsp3) is 1.00. The van der Waals surface area contributed by atoms with Gasteiger partial charge < -0.3 is 40.9 Å². The average Bonchev–Trinajstić information content (AvgIpc) is 2.22. The molecule has 0 aliphatic rings. The Morgan fingerprint density at radius 2 is 1.21 bits per heavy atom. The van der Waals surface area contributed by atoms with E-state index in [1.807, 2.05) is 6.92 Å². The molecule has 0 aromatic rings. The van der Waals surface area contributed by atoms with Gasteiger partial charge in [-0.2, -0.15) is 0 Å². The predicted molar refractivity (Wildman–Crippen MR) is 61.6 cm³/mol. The van der Waals surface area contributed by atoms with E-state index >= 15 is 0 Å². The van der Waals surface area contributed by atoms with Crippen LogP contribution in [0, 0.1) is 0 Å². The Hall–Kier alpha value is -0.360. The molecule has 0 spiro atoms. The first-order chi connectivity index (χ1) is 8.31. The lowest BCUT2D eigenvalue weighted by Gasteiger charge is -2.46. The van der Waals surface area contributed by atoms with E-state index in [2.05, 4.69) is 0 Å². The third-order valence-electron chi connectivity index (χ3n) is 2.97. The van der Waals surface area contributed by atoms with Crippen molar-refractivity contribution in [3.63, 3.8) is 0 Å². The molecule has 0 amide bonds. The van der Waals surface area contributed by atoms with Crippen molar-refractivity contribution in [1.82, 2.24) is 0 Å². The van der Waals surface area contributed by atoms with Crippen LogP contribution in [0.25, 0.3) is 0 Å². The van der Waals surface area contributed by atoms with Crippen molar-refractivity contribution in [1.29, 1.82) is 0 Å². The van der Waals surface area contributed by atoms with Gasteiger partial charge in [-0.15, -0.1) is 0 Å². The predicted octanol–water partition coefficient (Wildman–Crippen LogP) is -3.40. The van der Waals surface area contributed by atoms with Gasteiger partial charge in [0.2, 0.25) is 0 Å². The molecule has 116 valence electrons. The topological polar surface area (TPSA) is 188 Å². The highest BCUT2D eigenvalue weighted by Gasteiger charge is 2.69. The lowest BCUT2D eigenvalue weighted by molar-refractivity contribution is -0.527. The van der Waals surface area contributed by atoms with E-state index in [-0.39, 0.29) is 6.42 Å². The van der Waals surface area contributed by atoms with Crippen molar-refractivity contribution in [3.05, 3.63) is 0 Å². The molecule has 19 heavy (non-hydrogen) atoms. The summed E-state index contributed by atoms with van der Waals surface area (Å²) < 4.78 is 0. The van der Waals surface area contributed by atoms with Gasteiger partial charge in [0, 0.05) is 0 Å². The van der Waals surface area contributed by atoms with Gasteiger partial charge in [0.1, 0.15) is 0 Å². The molecular formula is C10H23NO8. The van der Waals surface area contributed by atoms with Crippen molar-refractivity contribution in [2.75, 3.05) is 0 Å². The minimum absolute atomic E-state index is 0.217. The van der Waals surface area contributed by atoms with Crippen molar-refractivity contribution in [2.24, 2.45) is 5.73 Å². The van der Waals surface area contributed by atoms with E-state index in [9.17, 15) is 25.5 Å². The van der Waals surface area contributed by atoms with Crippen LogP contribution in [0.15, 0.2) is 0 Å². The summed E-state index contributed by atoms with van der Waals surface area (Å²) in [7, 11) is 0. The number of hydrogen-bond donors (Lipinski definition) is 9. The maximum absolute atomic E-state index is 9.66. The van der Waals surface area contributed by atoms with Crippen LogP contribution in [0.5, 0.6) is 0 Å². The Morgan fingerprint density at radius 1 is 0.737 bits per heavy atom. The standard InChI is InChI=1S/C10H23NO8/c1-2-3-4-5-6-7(11,12)8(13,14)9(15,16)10(17,18)19/h12-19H,2-6,11H2,1H3. The summed E-state index contributed by atoms with van der Waals surface area (Å²) >= 11 is 0. The Balaban J connectivity index is 4.96. The number of rotatable bonds is 8. The van der Waals surface area contributed by atoms with Gasteiger partial charge in [0.05, 0.1) is 0 Å². The van der Waals surface area contributed by atoms with Crippen LogP contribution in [0.2, 0.25) is 0 Å². The van der Waals surface area contributed by atoms with Gasteiger partial charge in [-0.25, -0.2) is 0 Å². The summed E-state index contributed by atoms with van der Waals surface area (Å²) in [6.45, 7) is 1.92. The first-order valence-corrected chi connectivity index (χ1v) is 5.89. The van der Waals surface area contributed by atoms with Crippen LogP contribution in [0.1, 0.15) is 39.0 Å². The third kappa shape index (κ3) is 3.81. The second kappa shape index (κ2) is 5.95. The second-order valence-electron chi connectivity index (χ2n) is 4.71. The number of nitrogens with two attached hydrogens (primary N) is 1. The summed E-state index contributed by atoms with van der Waals surface area (Å²) in [5.74, 6) is -12.6. The Morgan fingerprint density at radius 3 is 1.58 bits per heavy atom. The third-order valence-corrected chi connectivity index (χ3v) is 2.97. The summed E-state index contributed by atoms with van der Waals surface area (Å²) in [6.07, 6.45) is 1.98. The van der Waals surface area contributed by atoms with Crippen LogP contribution in [-0.2, 0) is 0 Å². The van der Waals surface area contributed by atoms with Crippen molar-refractivity contribution < 1.29 is 40.9 Å². The van der Waals surface area contributed by atoms with Crippen LogP contribution >= 0.6 is 0 Å². The second-order valence-corrected chi connectivity index (χ2v) is 4.71. The molecule has 10 N–H and O–H groups in total. The van der Waals surface area contributed by atoms with Gasteiger partial charge in [-0.1, -0.05) is 26.2 Å². The zero-order valence-electron chi connectivity index (χ0n) is 10.7. The lowest BCUT2D eigenvalue weighted by Crippen LogP contribution is -2.78. The number of aliphatic hydroxyl groups is 8. The first kappa shape index (κ1) is 18.6. The maximum atomic E-state index is 9.66. The molecule has 0 bridgehead atoms. The molecule has 0 aromatic carbocycles. The highest BCUT2D eigenvalue weighted by Crippen LogP contribution is 2.34. The minimum atomic E-state index is -4.30. The first-order valence-electron chi connectivity index (χ1n) is 5.89. The molecule has 0 saturated carbocycles. The summed E-state index contributed by atoms with van der Waals surface area (Å²) in [5.41, 5.74) is 2.18. The van der Waals surface area contributed by atoms with Crippen LogP contribution in [-0.4, -0.2) is 64.1 Å². The van der Waals surface area contributed by atoms with E-state index in [4.69, 9.17) is 21.1 Å². The molecule has 9 nitrogen and oxygen atoms in total. The summed E-state index contributed by atoms with van der Waals surface area (Å²) in [5, 5.41) is 73.0. The zero-order chi connectivity index (χ0) is 15.5. The van der Waals surface area contributed by atoms with Crippen molar-refractivity contribution in [3.8, 4) is 0 Å². The fourth-order valence-corrected chi connectivity index (χ4v) is 1.53. The maximum Gasteiger partial charge on any atom is 0.338 e. The molecule has 1 atom stereocenters. The van der Waals surface area contributed by atoms with Gasteiger partial charge in [0.15, 0.2) is 5.72 Å². The molecule has 9 heteroatoms. The highest BCUT2D eigenvalue weighted by atomic mass is 16.7. The number of unbranched alkanes of at least 4 members (excludes halogenated alkanes) is 3. The normalized spacial score (nSPS) is 17.4. The SMILES string of the molecule is CCCCCCC(N)(O)C(O)(O)C(O)(O)C(O)(O)O. The Bertz CT molecular complexity index is 284. The van der Waals surface area contributed by atoms with Gasteiger partial charge in [-0.3, -0.25) is 5.73 Å². The quantitative estimate of drug-likeness (QED) is 0.162. The van der Waals surface area contributed by atoms with Gasteiger partial charge in [0.25, 0.3) is 5.79 Å². The average molecular weight is 285 g/mol. The zero-order valence-corrected chi connectivity index (χ0v) is 10.7. The van der Waals surface area contributed by atoms with E-state index < -0.39 is 29.7 Å². The molecule has 0 aliphatic heterocycles. The van der Waals surface area contributed by atoms with Gasteiger partial charge >= 0.3 is 11.8 Å². The molecular weight excluding hydrogens is 262 g/mol. The number of hydrogen-bond acceptors (Lipinski definition) is 9. The monoisotopic (exact) mass is 285 g/mol. The molecule has 0 radical (unpaired) electrons. The van der Waals surface area contributed by atoms with E-state index in [1.54, 1.807) is 0 Å². The van der Waals surface area contributed by atoms with Gasteiger partial charge in [-0.05, 0) is 12.8 Å². The molecule has 0 rings (SSSR count). The smallest absolute Gasteiger partial charge is 0.338 e.